The average Bonchev–Trinajstić information content (AvgIpc) is 3.52. The van der Waals surface area contributed by atoms with Crippen molar-refractivity contribution < 1.29 is 65.7 Å². The van der Waals surface area contributed by atoms with E-state index in [2.05, 4.69) is 21.3 Å². The molecule has 66 heavy (non-hydrogen) atoms. The predicted octanol–water partition coefficient (Wildman–Crippen LogP) is 5.44. The van der Waals surface area contributed by atoms with Gasteiger partial charge in [0.2, 0.25) is 22.8 Å². The molecule has 7 N–H and O–H groups in total. The third kappa shape index (κ3) is 10.3. The Hall–Kier alpha value is -4.82. The lowest BCUT2D eigenvalue weighted by atomic mass is 9.44. The number of halogens is 4. The maximum absolute atomic E-state index is 17.7. The van der Waals surface area contributed by atoms with Crippen LogP contribution < -0.4 is 27.0 Å². The molecule has 3 saturated carbocycles. The van der Waals surface area contributed by atoms with E-state index in [1.807, 2.05) is 0 Å². The van der Waals surface area contributed by atoms with Crippen LogP contribution in [0.25, 0.3) is 0 Å². The van der Waals surface area contributed by atoms with Crippen LogP contribution >= 0.6 is 11.8 Å². The van der Waals surface area contributed by atoms with Gasteiger partial charge in [0, 0.05) is 23.3 Å². The lowest BCUT2D eigenvalue weighted by molar-refractivity contribution is -0.219. The van der Waals surface area contributed by atoms with E-state index in [9.17, 15) is 43.1 Å². The van der Waals surface area contributed by atoms with Gasteiger partial charge in [-0.1, -0.05) is 26.8 Å². The molecule has 5 rings (SSSR count). The first kappa shape index (κ1) is 52.2. The molecule has 4 amide bonds. The SMILES string of the molecule is CC(C)[C@H](N)C(=O)N[C@@H](CCCCNC(=O)OC(C)(C)C)C(=O)NCC(=O)Nc1cc(C(=O)O[C@]2(C(=O)SCF)CC[C@H]3[C@@H]4C[C@H](F)C5=CC(=O)C=C[C@]5(C)[C@@]4(F)[C@@H](O)C[C@@]32C)ccc1F. The van der Waals surface area contributed by atoms with Gasteiger partial charge in [-0.05, 0) is 132 Å². The number of aliphatic hydroxyl groups excluding tert-OH is 1. The molecule has 364 valence electrons. The summed E-state index contributed by atoms with van der Waals surface area (Å²) in [6.45, 7) is 11.0. The highest BCUT2D eigenvalue weighted by Gasteiger charge is 2.76. The number of rotatable bonds is 16. The number of unbranched alkanes of at least 4 members (excludes halogenated alkanes) is 1. The quantitative estimate of drug-likeness (QED) is 0.0691. The lowest BCUT2D eigenvalue weighted by Crippen LogP contribution is -2.70. The number of alkyl carbamates (subject to hydrolysis) is 1. The van der Waals surface area contributed by atoms with Crippen molar-refractivity contribution >= 4 is 58.1 Å². The van der Waals surface area contributed by atoms with Gasteiger partial charge < -0.3 is 41.6 Å². The van der Waals surface area contributed by atoms with E-state index in [1.165, 1.54) is 19.9 Å². The van der Waals surface area contributed by atoms with Crippen LogP contribution in [0.2, 0.25) is 0 Å². The predicted molar refractivity (Wildman–Crippen MR) is 236 cm³/mol. The lowest BCUT2D eigenvalue weighted by Gasteiger charge is -2.63. The average molecular weight is 952 g/mol. The number of amides is 4. The number of carbonyl (C=O) groups excluding carboxylic acids is 7. The van der Waals surface area contributed by atoms with Gasteiger partial charge in [-0.3, -0.25) is 24.0 Å². The third-order valence-corrected chi connectivity index (χ3v) is 14.4. The topological polar surface area (TPSA) is 232 Å². The first-order valence-corrected chi connectivity index (χ1v) is 23.1. The number of benzene rings is 1. The fourth-order valence-corrected chi connectivity index (χ4v) is 10.9. The van der Waals surface area contributed by atoms with Crippen LogP contribution in [0.1, 0.15) is 104 Å². The molecule has 0 spiro atoms. The van der Waals surface area contributed by atoms with E-state index < -0.39 is 141 Å². The van der Waals surface area contributed by atoms with Crippen molar-refractivity contribution in [3.8, 4) is 0 Å². The second-order valence-corrected chi connectivity index (χ2v) is 20.2. The summed E-state index contributed by atoms with van der Waals surface area (Å²) >= 11 is 0.214. The molecule has 1 aromatic carbocycles. The van der Waals surface area contributed by atoms with Gasteiger partial charge in [-0.15, -0.1) is 0 Å². The minimum Gasteiger partial charge on any atom is -0.446 e. The van der Waals surface area contributed by atoms with Crippen LogP contribution in [0.3, 0.4) is 0 Å². The summed E-state index contributed by atoms with van der Waals surface area (Å²) in [4.78, 5) is 91.5. The molecule has 0 bridgehead atoms. The Morgan fingerprint density at radius 3 is 2.39 bits per heavy atom. The molecule has 0 aliphatic heterocycles. The van der Waals surface area contributed by atoms with Gasteiger partial charge in [0.15, 0.2) is 17.1 Å². The van der Waals surface area contributed by atoms with Crippen LogP contribution in [0.15, 0.2) is 42.0 Å². The zero-order chi connectivity index (χ0) is 49.2. The summed E-state index contributed by atoms with van der Waals surface area (Å²) in [7, 11) is 0. The summed E-state index contributed by atoms with van der Waals surface area (Å²) < 4.78 is 74.0. The molecule has 0 heterocycles. The number of aliphatic hydroxyl groups is 1. The number of esters is 1. The zero-order valence-corrected chi connectivity index (χ0v) is 39.0. The number of allylic oxidation sites excluding steroid dienone is 4. The van der Waals surface area contributed by atoms with Crippen LogP contribution in [0.4, 0.5) is 28.0 Å². The van der Waals surface area contributed by atoms with E-state index in [0.29, 0.717) is 12.8 Å². The first-order valence-electron chi connectivity index (χ1n) is 22.1. The summed E-state index contributed by atoms with van der Waals surface area (Å²) in [6.07, 6.45) is -1.10. The van der Waals surface area contributed by atoms with E-state index >= 15 is 13.2 Å². The fourth-order valence-electron chi connectivity index (χ4n) is 10.2. The van der Waals surface area contributed by atoms with Crippen LogP contribution in [0, 0.1) is 34.4 Å². The smallest absolute Gasteiger partial charge is 0.407 e. The van der Waals surface area contributed by atoms with Crippen molar-refractivity contribution in [3.05, 3.63) is 53.4 Å². The van der Waals surface area contributed by atoms with Crippen LogP contribution in [0.5, 0.6) is 0 Å². The van der Waals surface area contributed by atoms with E-state index in [1.54, 1.807) is 34.6 Å². The van der Waals surface area contributed by atoms with Gasteiger partial charge in [-0.25, -0.2) is 27.2 Å². The monoisotopic (exact) mass is 951 g/mol. The Morgan fingerprint density at radius 2 is 1.74 bits per heavy atom. The van der Waals surface area contributed by atoms with Gasteiger partial charge in [-0.2, -0.15) is 0 Å². The zero-order valence-electron chi connectivity index (χ0n) is 38.2. The van der Waals surface area contributed by atoms with E-state index in [-0.39, 0.29) is 54.6 Å². The number of ether oxygens (including phenoxy) is 2. The second-order valence-electron chi connectivity index (χ2n) is 19.4. The molecule has 10 atom stereocenters. The highest BCUT2D eigenvalue weighted by molar-refractivity contribution is 8.13. The molecule has 4 aliphatic rings. The molecule has 20 heteroatoms. The molecule has 15 nitrogen and oxygen atoms in total. The number of anilines is 1. The molecule has 3 fully saturated rings. The van der Waals surface area contributed by atoms with E-state index in [4.69, 9.17) is 15.2 Å². The maximum atomic E-state index is 17.7. The number of nitrogens with two attached hydrogens (primary N) is 1. The maximum Gasteiger partial charge on any atom is 0.407 e. The Morgan fingerprint density at radius 1 is 1.05 bits per heavy atom. The Labute approximate surface area is 385 Å². The number of alkyl halides is 3. The number of hydrogen-bond donors (Lipinski definition) is 6. The third-order valence-electron chi connectivity index (χ3n) is 13.7. The highest BCUT2D eigenvalue weighted by atomic mass is 32.2. The number of ketones is 1. The summed E-state index contributed by atoms with van der Waals surface area (Å²) in [5, 5.41) is 20.7. The van der Waals surface area contributed by atoms with Gasteiger partial charge in [0.05, 0.1) is 29.9 Å². The van der Waals surface area contributed by atoms with Crippen molar-refractivity contribution in [2.24, 2.45) is 34.3 Å². The second kappa shape index (κ2) is 20.2. The van der Waals surface area contributed by atoms with Crippen molar-refractivity contribution in [2.75, 3.05) is 24.4 Å². The molecule has 0 aromatic heterocycles. The number of carbonyl (C=O) groups is 7. The van der Waals surface area contributed by atoms with Crippen molar-refractivity contribution in [3.63, 3.8) is 0 Å². The Balaban J connectivity index is 1.29. The van der Waals surface area contributed by atoms with E-state index in [0.717, 1.165) is 30.4 Å². The standard InChI is InChI=1S/C46H61F4N5O10S/c1-24(2)36(51)38(60)55-32(10-8-9-17-52-41(63)65-42(3,4)5)37(59)53-22-35(58)54-33-18-25(11-12-30(33)48)39(61)64-45(40(62)66-23-47)16-14-27-28-20-31(49)29-19-26(56)13-15-43(29,6)46(28,50)34(57)21-44(27,45)7/h11-13,15,18-19,24,27-28,31-32,34,36,57H,8-10,14,16-17,20-23,51H2,1-7H3,(H,52,63)(H,53,59)(H,54,58)(H,55,60)/t27-,28-,31-,32-,34-,36-,43-,44-,45-,46-/m0/s1. The minimum absolute atomic E-state index is 0.0206. The van der Waals surface area contributed by atoms with Gasteiger partial charge in [0.25, 0.3) is 0 Å². The Kier molecular flexibility index (Phi) is 16.0. The van der Waals surface area contributed by atoms with Crippen molar-refractivity contribution in [1.82, 2.24) is 16.0 Å². The number of hydrogen-bond acceptors (Lipinski definition) is 12. The number of thioether (sulfide) groups is 1. The van der Waals surface area contributed by atoms with Crippen LogP contribution in [-0.2, 0) is 33.4 Å². The molecule has 0 saturated heterocycles. The molecule has 0 radical (unpaired) electrons. The van der Waals surface area contributed by atoms with Gasteiger partial charge in [0.1, 0.15) is 29.6 Å². The molecule has 1 aromatic rings. The normalized spacial score (nSPS) is 29.8. The number of fused-ring (bicyclic) bond motifs is 5. The molecule has 0 unspecified atom stereocenters. The highest BCUT2D eigenvalue weighted by Crippen LogP contribution is 2.71. The van der Waals surface area contributed by atoms with Crippen molar-refractivity contribution in [2.45, 2.75) is 135 Å². The number of nitrogens with one attached hydrogen (secondary N) is 4. The summed E-state index contributed by atoms with van der Waals surface area (Å²) in [5.74, 6) is -7.40. The minimum atomic E-state index is -2.50. The summed E-state index contributed by atoms with van der Waals surface area (Å²) in [5.41, 5.74) is -3.64. The van der Waals surface area contributed by atoms with Crippen LogP contribution in [-0.4, -0.2) is 106 Å². The summed E-state index contributed by atoms with van der Waals surface area (Å²) in [6, 6.07) is -0.526. The molecular weight excluding hydrogens is 891 g/mol. The van der Waals surface area contributed by atoms with Gasteiger partial charge >= 0.3 is 12.1 Å². The largest absolute Gasteiger partial charge is 0.446 e. The molecular formula is C46H61F4N5O10S. The van der Waals surface area contributed by atoms with Crippen molar-refractivity contribution in [1.29, 1.82) is 0 Å². The first-order chi connectivity index (χ1) is 30.7. The molecule has 4 aliphatic carbocycles. The Bertz CT molecular complexity index is 2150. The fraction of sp³-hybridized carbons (Fsp3) is 0.630.